The number of hydrogen-bond acceptors (Lipinski definition) is 2. The fraction of sp³-hybridized carbons (Fsp3) is 0.333. The van der Waals surface area contributed by atoms with E-state index in [1.165, 1.54) is 17.0 Å². The lowest BCUT2D eigenvalue weighted by molar-refractivity contribution is -0.147. The highest BCUT2D eigenvalue weighted by atomic mass is 35.5. The van der Waals surface area contributed by atoms with Crippen molar-refractivity contribution in [2.75, 3.05) is 0 Å². The highest BCUT2D eigenvalue weighted by Crippen LogP contribution is 2.30. The minimum Gasteiger partial charge on any atom is -0.479 e. The van der Waals surface area contributed by atoms with Crippen molar-refractivity contribution in [1.82, 2.24) is 4.90 Å². The molecule has 1 aromatic rings. The number of carboxylic acid groups (broad SMARTS) is 1. The number of amides is 1. The first-order valence-electron chi connectivity index (χ1n) is 5.29. The van der Waals surface area contributed by atoms with Gasteiger partial charge in [-0.05, 0) is 26.0 Å². The SMILES string of the molecule is CC(C)N(C=O)C(C(=O)O)c1ccc(Cl)cc1Cl. The summed E-state index contributed by atoms with van der Waals surface area (Å²) in [5.41, 5.74) is 0.342. The van der Waals surface area contributed by atoms with Gasteiger partial charge in [0, 0.05) is 21.7 Å². The minimum absolute atomic E-state index is 0.224. The van der Waals surface area contributed by atoms with Crippen LogP contribution in [0.5, 0.6) is 0 Å². The summed E-state index contributed by atoms with van der Waals surface area (Å²) in [4.78, 5) is 23.6. The van der Waals surface area contributed by atoms with Gasteiger partial charge < -0.3 is 10.0 Å². The zero-order valence-corrected chi connectivity index (χ0v) is 11.4. The zero-order valence-electron chi connectivity index (χ0n) is 9.93. The van der Waals surface area contributed by atoms with Gasteiger partial charge in [0.25, 0.3) is 0 Å². The number of benzene rings is 1. The Balaban J connectivity index is 3.27. The Bertz CT molecular complexity index is 463. The summed E-state index contributed by atoms with van der Waals surface area (Å²) >= 11 is 11.7. The van der Waals surface area contributed by atoms with Crippen LogP contribution < -0.4 is 0 Å². The second-order valence-corrected chi connectivity index (χ2v) is 4.90. The van der Waals surface area contributed by atoms with Gasteiger partial charge in [0.15, 0.2) is 6.04 Å². The molecule has 6 heteroatoms. The van der Waals surface area contributed by atoms with Crippen molar-refractivity contribution in [1.29, 1.82) is 0 Å². The summed E-state index contributed by atoms with van der Waals surface area (Å²) in [6.07, 6.45) is 0.508. The molecule has 1 atom stereocenters. The molecule has 4 nitrogen and oxygen atoms in total. The van der Waals surface area contributed by atoms with E-state index in [0.717, 1.165) is 0 Å². The minimum atomic E-state index is -1.14. The van der Waals surface area contributed by atoms with Crippen LogP contribution in [0.4, 0.5) is 0 Å². The molecule has 0 aliphatic heterocycles. The Morgan fingerprint density at radius 3 is 2.39 bits per heavy atom. The van der Waals surface area contributed by atoms with E-state index in [1.54, 1.807) is 19.9 Å². The number of nitrogens with zero attached hydrogens (tertiary/aromatic N) is 1. The van der Waals surface area contributed by atoms with Crippen molar-refractivity contribution in [3.05, 3.63) is 33.8 Å². The number of halogens is 2. The van der Waals surface area contributed by atoms with E-state index in [4.69, 9.17) is 23.2 Å². The molecule has 0 radical (unpaired) electrons. The summed E-state index contributed by atoms with van der Waals surface area (Å²) in [6, 6.07) is 3.14. The average Bonchev–Trinajstić information content (AvgIpc) is 2.26. The van der Waals surface area contributed by atoms with Crippen molar-refractivity contribution in [2.45, 2.75) is 25.9 Å². The topological polar surface area (TPSA) is 57.6 Å². The molecule has 1 N–H and O–H groups in total. The van der Waals surface area contributed by atoms with Crippen LogP contribution in [0, 0.1) is 0 Å². The van der Waals surface area contributed by atoms with Crippen LogP contribution in [0.2, 0.25) is 10.0 Å². The Kier molecular flexibility index (Phi) is 4.99. The Hall–Kier alpha value is -1.26. The molecule has 0 bridgehead atoms. The Labute approximate surface area is 115 Å². The van der Waals surface area contributed by atoms with Gasteiger partial charge in [-0.25, -0.2) is 4.79 Å². The molecule has 0 spiro atoms. The summed E-state index contributed by atoms with van der Waals surface area (Å²) in [7, 11) is 0. The third-order valence-electron chi connectivity index (χ3n) is 2.51. The van der Waals surface area contributed by atoms with E-state index in [-0.39, 0.29) is 11.1 Å². The van der Waals surface area contributed by atoms with Crippen LogP contribution in [0.25, 0.3) is 0 Å². The highest BCUT2D eigenvalue weighted by molar-refractivity contribution is 6.35. The molecule has 0 aliphatic carbocycles. The second kappa shape index (κ2) is 6.07. The highest BCUT2D eigenvalue weighted by Gasteiger charge is 2.30. The van der Waals surface area contributed by atoms with Crippen molar-refractivity contribution in [2.24, 2.45) is 0 Å². The van der Waals surface area contributed by atoms with Gasteiger partial charge in [-0.15, -0.1) is 0 Å². The number of rotatable bonds is 5. The van der Waals surface area contributed by atoms with Crippen LogP contribution in [-0.4, -0.2) is 28.4 Å². The van der Waals surface area contributed by atoms with E-state index in [0.29, 0.717) is 17.0 Å². The summed E-state index contributed by atoms with van der Waals surface area (Å²) in [5.74, 6) is -1.14. The first-order chi connectivity index (χ1) is 8.38. The maximum atomic E-state index is 11.3. The van der Waals surface area contributed by atoms with E-state index >= 15 is 0 Å². The van der Waals surface area contributed by atoms with Gasteiger partial charge in [0.1, 0.15) is 0 Å². The summed E-state index contributed by atoms with van der Waals surface area (Å²) < 4.78 is 0. The van der Waals surface area contributed by atoms with Gasteiger partial charge in [0.2, 0.25) is 6.41 Å². The van der Waals surface area contributed by atoms with Crippen molar-refractivity contribution in [3.8, 4) is 0 Å². The fourth-order valence-corrected chi connectivity index (χ4v) is 2.14. The molecule has 98 valence electrons. The van der Waals surface area contributed by atoms with Gasteiger partial charge in [0.05, 0.1) is 0 Å². The second-order valence-electron chi connectivity index (χ2n) is 4.05. The fourth-order valence-electron chi connectivity index (χ4n) is 1.63. The average molecular weight is 290 g/mol. The monoisotopic (exact) mass is 289 g/mol. The van der Waals surface area contributed by atoms with Gasteiger partial charge >= 0.3 is 5.97 Å². The van der Waals surface area contributed by atoms with Crippen LogP contribution in [0.15, 0.2) is 18.2 Å². The van der Waals surface area contributed by atoms with E-state index in [9.17, 15) is 14.7 Å². The van der Waals surface area contributed by atoms with Crippen LogP contribution >= 0.6 is 23.2 Å². The quantitative estimate of drug-likeness (QED) is 0.848. The molecule has 0 aliphatic rings. The van der Waals surface area contributed by atoms with Crippen LogP contribution in [0.3, 0.4) is 0 Å². The third kappa shape index (κ3) is 3.15. The first kappa shape index (κ1) is 14.8. The van der Waals surface area contributed by atoms with Gasteiger partial charge in [-0.3, -0.25) is 4.79 Å². The first-order valence-corrected chi connectivity index (χ1v) is 6.04. The normalized spacial score (nSPS) is 12.3. The lowest BCUT2D eigenvalue weighted by atomic mass is 10.0. The number of carbonyl (C=O) groups is 2. The molecule has 0 heterocycles. The maximum Gasteiger partial charge on any atom is 0.331 e. The molecule has 1 amide bonds. The molecule has 18 heavy (non-hydrogen) atoms. The number of aliphatic carboxylic acids is 1. The summed E-state index contributed by atoms with van der Waals surface area (Å²) in [6.45, 7) is 3.46. The Morgan fingerprint density at radius 1 is 1.39 bits per heavy atom. The molecule has 0 saturated heterocycles. The number of carboxylic acids is 1. The van der Waals surface area contributed by atoms with Crippen molar-refractivity contribution >= 4 is 35.6 Å². The van der Waals surface area contributed by atoms with E-state index in [2.05, 4.69) is 0 Å². The van der Waals surface area contributed by atoms with Gasteiger partial charge in [-0.2, -0.15) is 0 Å². The smallest absolute Gasteiger partial charge is 0.331 e. The molecule has 1 unspecified atom stereocenters. The molecule has 1 aromatic carbocycles. The lowest BCUT2D eigenvalue weighted by Crippen LogP contribution is -2.38. The van der Waals surface area contributed by atoms with E-state index in [1.807, 2.05) is 0 Å². The standard InChI is InChI=1S/C12H13Cl2NO3/c1-7(2)15(6-16)11(12(17)18)9-4-3-8(13)5-10(9)14/h3-7,11H,1-2H3,(H,17,18). The molecular weight excluding hydrogens is 277 g/mol. The van der Waals surface area contributed by atoms with E-state index < -0.39 is 12.0 Å². The molecule has 1 rings (SSSR count). The van der Waals surface area contributed by atoms with Crippen molar-refractivity contribution in [3.63, 3.8) is 0 Å². The number of hydrogen-bond donors (Lipinski definition) is 1. The number of carbonyl (C=O) groups excluding carboxylic acids is 1. The van der Waals surface area contributed by atoms with Gasteiger partial charge in [-0.1, -0.05) is 29.3 Å². The van der Waals surface area contributed by atoms with Crippen LogP contribution in [0.1, 0.15) is 25.5 Å². The molecule has 0 fully saturated rings. The summed E-state index contributed by atoms with van der Waals surface area (Å²) in [5, 5.41) is 9.92. The van der Waals surface area contributed by atoms with Crippen LogP contribution in [-0.2, 0) is 9.59 Å². The molecule has 0 saturated carbocycles. The molecular formula is C12H13Cl2NO3. The predicted molar refractivity (Wildman–Crippen MR) is 69.9 cm³/mol. The largest absolute Gasteiger partial charge is 0.479 e. The lowest BCUT2D eigenvalue weighted by Gasteiger charge is -2.29. The van der Waals surface area contributed by atoms with Crippen molar-refractivity contribution < 1.29 is 14.7 Å². The third-order valence-corrected chi connectivity index (χ3v) is 3.07. The zero-order chi connectivity index (χ0) is 13.9. The maximum absolute atomic E-state index is 11.3. The Morgan fingerprint density at radius 2 is 2.00 bits per heavy atom. The molecule has 0 aromatic heterocycles. The predicted octanol–water partition coefficient (Wildman–Crippen LogP) is 2.99.